The van der Waals surface area contributed by atoms with Crippen LogP contribution >= 0.6 is 0 Å². The third-order valence-electron chi connectivity index (χ3n) is 5.11. The normalized spacial score (nSPS) is 17.9. The first-order valence-electron chi connectivity index (χ1n) is 8.33. The molecule has 1 aliphatic carbocycles. The van der Waals surface area contributed by atoms with Crippen molar-refractivity contribution in [1.82, 2.24) is 0 Å². The maximum Gasteiger partial charge on any atom is 0.177 e. The predicted molar refractivity (Wildman–Crippen MR) is 91.0 cm³/mol. The van der Waals surface area contributed by atoms with Crippen LogP contribution in [-0.4, -0.2) is 7.11 Å². The van der Waals surface area contributed by atoms with E-state index in [2.05, 4.69) is 6.07 Å². The van der Waals surface area contributed by atoms with E-state index >= 15 is 0 Å². The highest BCUT2D eigenvalue weighted by atomic mass is 16.5. The monoisotopic (exact) mass is 313 g/mol. The molecule has 1 saturated carbocycles. The Bertz CT molecular complexity index is 823. The SMILES string of the molecule is COc1c2cc(C)oc2c(C2(N)CCCCC2)c2cc(C)oc12. The number of furan rings is 2. The van der Waals surface area contributed by atoms with Crippen molar-refractivity contribution in [2.45, 2.75) is 51.5 Å². The van der Waals surface area contributed by atoms with Crippen LogP contribution < -0.4 is 10.5 Å². The summed E-state index contributed by atoms with van der Waals surface area (Å²) in [6.45, 7) is 3.92. The van der Waals surface area contributed by atoms with E-state index in [1.807, 2.05) is 19.9 Å². The molecule has 0 unspecified atom stereocenters. The van der Waals surface area contributed by atoms with Crippen molar-refractivity contribution in [2.24, 2.45) is 5.73 Å². The molecule has 122 valence electrons. The Morgan fingerprint density at radius 3 is 2.22 bits per heavy atom. The maximum absolute atomic E-state index is 6.88. The second-order valence-corrected chi connectivity index (χ2v) is 6.82. The molecular weight excluding hydrogens is 290 g/mol. The van der Waals surface area contributed by atoms with Gasteiger partial charge in [0.2, 0.25) is 0 Å². The average Bonchev–Trinajstić information content (AvgIpc) is 3.06. The molecule has 2 N–H and O–H groups in total. The quantitative estimate of drug-likeness (QED) is 0.729. The molecule has 4 rings (SSSR count). The Morgan fingerprint density at radius 2 is 1.57 bits per heavy atom. The molecule has 0 saturated heterocycles. The van der Waals surface area contributed by atoms with Crippen LogP contribution in [0.1, 0.15) is 49.2 Å². The summed E-state index contributed by atoms with van der Waals surface area (Å²) in [4.78, 5) is 0. The van der Waals surface area contributed by atoms with Crippen molar-refractivity contribution in [3.05, 3.63) is 29.2 Å². The van der Waals surface area contributed by atoms with Crippen molar-refractivity contribution in [3.8, 4) is 5.75 Å². The highest BCUT2D eigenvalue weighted by molar-refractivity contribution is 6.05. The Morgan fingerprint density at radius 1 is 0.957 bits per heavy atom. The lowest BCUT2D eigenvalue weighted by Crippen LogP contribution is -2.38. The smallest absolute Gasteiger partial charge is 0.177 e. The minimum absolute atomic E-state index is 0.359. The fourth-order valence-corrected chi connectivity index (χ4v) is 4.11. The number of ether oxygens (including phenoxy) is 1. The average molecular weight is 313 g/mol. The second kappa shape index (κ2) is 5.03. The van der Waals surface area contributed by atoms with Gasteiger partial charge in [0.05, 0.1) is 12.5 Å². The zero-order valence-electron chi connectivity index (χ0n) is 14.0. The molecule has 0 bridgehead atoms. The van der Waals surface area contributed by atoms with Crippen LogP contribution in [-0.2, 0) is 5.54 Å². The molecule has 2 heterocycles. The lowest BCUT2D eigenvalue weighted by Gasteiger charge is -2.34. The van der Waals surface area contributed by atoms with E-state index in [4.69, 9.17) is 19.3 Å². The Balaban J connectivity index is 2.15. The van der Waals surface area contributed by atoms with Gasteiger partial charge >= 0.3 is 0 Å². The molecule has 4 heteroatoms. The van der Waals surface area contributed by atoms with Crippen molar-refractivity contribution in [2.75, 3.05) is 7.11 Å². The van der Waals surface area contributed by atoms with Crippen LogP contribution in [0.3, 0.4) is 0 Å². The van der Waals surface area contributed by atoms with Gasteiger partial charge in [0.1, 0.15) is 17.1 Å². The minimum atomic E-state index is -0.359. The number of methoxy groups -OCH3 is 1. The number of fused-ring (bicyclic) bond motifs is 2. The molecule has 1 aromatic carbocycles. The summed E-state index contributed by atoms with van der Waals surface area (Å²) in [5.74, 6) is 2.47. The van der Waals surface area contributed by atoms with Gasteiger partial charge in [-0.2, -0.15) is 0 Å². The first-order chi connectivity index (χ1) is 11.0. The van der Waals surface area contributed by atoms with E-state index in [9.17, 15) is 0 Å². The molecule has 0 radical (unpaired) electrons. The van der Waals surface area contributed by atoms with Crippen LogP contribution in [0.15, 0.2) is 21.0 Å². The van der Waals surface area contributed by atoms with Crippen LogP contribution in [0, 0.1) is 13.8 Å². The first kappa shape index (κ1) is 14.6. The highest BCUT2D eigenvalue weighted by Crippen LogP contribution is 2.47. The third-order valence-corrected chi connectivity index (χ3v) is 5.11. The van der Waals surface area contributed by atoms with Crippen LogP contribution in [0.2, 0.25) is 0 Å². The molecule has 3 aromatic rings. The van der Waals surface area contributed by atoms with Crippen molar-refractivity contribution < 1.29 is 13.6 Å². The summed E-state index contributed by atoms with van der Waals surface area (Å²) in [6.07, 6.45) is 5.52. The van der Waals surface area contributed by atoms with Gasteiger partial charge in [0, 0.05) is 16.5 Å². The summed E-state index contributed by atoms with van der Waals surface area (Å²) in [5, 5.41) is 1.99. The molecular formula is C19H23NO3. The van der Waals surface area contributed by atoms with Gasteiger partial charge in [-0.1, -0.05) is 19.3 Å². The van der Waals surface area contributed by atoms with Crippen molar-refractivity contribution in [3.63, 3.8) is 0 Å². The topological polar surface area (TPSA) is 61.5 Å². The van der Waals surface area contributed by atoms with Gasteiger partial charge in [-0.25, -0.2) is 0 Å². The first-order valence-corrected chi connectivity index (χ1v) is 8.33. The summed E-state index contributed by atoms with van der Waals surface area (Å²) in [7, 11) is 1.67. The molecule has 0 amide bonds. The number of nitrogens with two attached hydrogens (primary N) is 1. The lowest BCUT2D eigenvalue weighted by molar-refractivity contribution is 0.303. The predicted octanol–water partition coefficient (Wildman–Crippen LogP) is 4.92. The van der Waals surface area contributed by atoms with Crippen molar-refractivity contribution >= 4 is 21.9 Å². The summed E-state index contributed by atoms with van der Waals surface area (Å²) < 4.78 is 17.7. The Kier molecular flexibility index (Phi) is 3.20. The van der Waals surface area contributed by atoms with Crippen molar-refractivity contribution in [1.29, 1.82) is 0 Å². The van der Waals surface area contributed by atoms with E-state index in [1.165, 1.54) is 6.42 Å². The zero-order chi connectivity index (χ0) is 16.2. The summed E-state index contributed by atoms with van der Waals surface area (Å²) >= 11 is 0. The van der Waals surface area contributed by atoms with E-state index in [1.54, 1.807) is 7.11 Å². The maximum atomic E-state index is 6.88. The Hall–Kier alpha value is -1.94. The molecule has 0 spiro atoms. The molecule has 0 aliphatic heterocycles. The number of benzene rings is 1. The summed E-state index contributed by atoms with van der Waals surface area (Å²) in [6, 6.07) is 4.08. The molecule has 4 nitrogen and oxygen atoms in total. The second-order valence-electron chi connectivity index (χ2n) is 6.82. The van der Waals surface area contributed by atoms with Gasteiger partial charge in [-0.05, 0) is 38.8 Å². The number of aryl methyl sites for hydroxylation is 2. The van der Waals surface area contributed by atoms with Gasteiger partial charge in [-0.15, -0.1) is 0 Å². The third kappa shape index (κ3) is 2.08. The molecule has 23 heavy (non-hydrogen) atoms. The highest BCUT2D eigenvalue weighted by Gasteiger charge is 2.36. The fourth-order valence-electron chi connectivity index (χ4n) is 4.11. The molecule has 2 aromatic heterocycles. The van der Waals surface area contributed by atoms with Gasteiger partial charge in [0.25, 0.3) is 0 Å². The number of hydrogen-bond donors (Lipinski definition) is 1. The zero-order valence-corrected chi connectivity index (χ0v) is 14.0. The van der Waals surface area contributed by atoms with Crippen LogP contribution in [0.25, 0.3) is 21.9 Å². The van der Waals surface area contributed by atoms with Crippen LogP contribution in [0.4, 0.5) is 0 Å². The largest absolute Gasteiger partial charge is 0.492 e. The summed E-state index contributed by atoms with van der Waals surface area (Å²) in [5.41, 5.74) is 9.25. The number of rotatable bonds is 2. The standard InChI is InChI=1S/C19H23NO3/c1-11-9-13-15(19(20)7-5-4-6-8-19)16-14(10-12(2)22-16)17(21-3)18(13)23-11/h9-10H,4-8,20H2,1-3H3. The van der Waals surface area contributed by atoms with E-state index < -0.39 is 0 Å². The Labute approximate surface area is 135 Å². The fraction of sp³-hybridized carbons (Fsp3) is 0.474. The van der Waals surface area contributed by atoms with E-state index in [-0.39, 0.29) is 5.54 Å². The van der Waals surface area contributed by atoms with E-state index in [0.717, 1.165) is 70.5 Å². The minimum Gasteiger partial charge on any atom is -0.492 e. The van der Waals surface area contributed by atoms with Gasteiger partial charge in [-0.3, -0.25) is 0 Å². The number of hydrogen-bond acceptors (Lipinski definition) is 4. The van der Waals surface area contributed by atoms with E-state index in [0.29, 0.717) is 0 Å². The van der Waals surface area contributed by atoms with Crippen LogP contribution in [0.5, 0.6) is 5.75 Å². The molecule has 1 fully saturated rings. The molecule has 0 atom stereocenters. The molecule has 1 aliphatic rings. The lowest BCUT2D eigenvalue weighted by atomic mass is 9.76. The van der Waals surface area contributed by atoms with Gasteiger partial charge < -0.3 is 19.3 Å². The van der Waals surface area contributed by atoms with Gasteiger partial charge in [0.15, 0.2) is 11.3 Å².